The molecule has 0 aliphatic carbocycles. The molecule has 136 valence electrons. The number of hydrogen-bond donors (Lipinski definition) is 0. The summed E-state index contributed by atoms with van der Waals surface area (Å²) in [7, 11) is 0. The van der Waals surface area contributed by atoms with Gasteiger partial charge >= 0.3 is 12.3 Å². The molecule has 2 rings (SSSR count). The van der Waals surface area contributed by atoms with Crippen molar-refractivity contribution in [3.8, 4) is 0 Å². The summed E-state index contributed by atoms with van der Waals surface area (Å²) in [6, 6.07) is 4.05. The number of carbonyl (C=O) groups is 1. The van der Waals surface area contributed by atoms with Crippen LogP contribution in [0.25, 0.3) is 10.4 Å². The Morgan fingerprint density at radius 2 is 2.16 bits per heavy atom. The van der Waals surface area contributed by atoms with Gasteiger partial charge in [-0.3, -0.25) is 0 Å². The number of amides is 1. The molecule has 1 aromatic rings. The Morgan fingerprint density at radius 3 is 2.76 bits per heavy atom. The first-order valence-electron chi connectivity index (χ1n) is 7.86. The Hall–Kier alpha value is -2.41. The van der Waals surface area contributed by atoms with Crippen LogP contribution >= 0.6 is 0 Å². The minimum atomic E-state index is -4.45. The van der Waals surface area contributed by atoms with E-state index in [2.05, 4.69) is 10.0 Å². The summed E-state index contributed by atoms with van der Waals surface area (Å²) < 4.78 is 43.7. The summed E-state index contributed by atoms with van der Waals surface area (Å²) in [6.45, 7) is 4.66. The Bertz CT molecular complexity index is 672. The van der Waals surface area contributed by atoms with Crippen molar-refractivity contribution in [1.82, 2.24) is 4.90 Å². The van der Waals surface area contributed by atoms with E-state index < -0.39 is 30.0 Å². The lowest BCUT2D eigenvalue weighted by molar-refractivity contribution is -0.137. The molecule has 0 saturated carbocycles. The average molecular weight is 356 g/mol. The van der Waals surface area contributed by atoms with E-state index in [4.69, 9.17) is 10.3 Å². The first-order chi connectivity index (χ1) is 11.7. The van der Waals surface area contributed by atoms with Crippen LogP contribution in [0.15, 0.2) is 29.4 Å². The predicted octanol–water partition coefficient (Wildman–Crippen LogP) is 4.40. The molecule has 1 heterocycles. The lowest BCUT2D eigenvalue weighted by Crippen LogP contribution is -2.33. The first-order valence-corrected chi connectivity index (χ1v) is 7.86. The van der Waals surface area contributed by atoms with Gasteiger partial charge in [0.05, 0.1) is 18.2 Å². The van der Waals surface area contributed by atoms with Gasteiger partial charge in [-0.2, -0.15) is 13.2 Å². The van der Waals surface area contributed by atoms with E-state index >= 15 is 0 Å². The molecule has 0 radical (unpaired) electrons. The van der Waals surface area contributed by atoms with Gasteiger partial charge in [-0.25, -0.2) is 4.79 Å². The second kappa shape index (κ2) is 7.65. The van der Waals surface area contributed by atoms with Crippen molar-refractivity contribution in [1.29, 1.82) is 0 Å². The molecule has 0 N–H and O–H groups in total. The number of benzene rings is 1. The Morgan fingerprint density at radius 1 is 1.44 bits per heavy atom. The molecule has 0 unspecified atom stereocenters. The second-order valence-electron chi connectivity index (χ2n) is 6.40. The van der Waals surface area contributed by atoms with Crippen LogP contribution in [0, 0.1) is 5.92 Å². The zero-order valence-electron chi connectivity index (χ0n) is 13.9. The van der Waals surface area contributed by atoms with Gasteiger partial charge < -0.3 is 9.64 Å². The monoisotopic (exact) mass is 356 g/mol. The number of cyclic esters (lactones) is 1. The van der Waals surface area contributed by atoms with Crippen LogP contribution in [-0.4, -0.2) is 36.2 Å². The Kier molecular flexibility index (Phi) is 5.79. The van der Waals surface area contributed by atoms with Crippen LogP contribution in [0.5, 0.6) is 0 Å². The van der Waals surface area contributed by atoms with Crippen molar-refractivity contribution in [3.63, 3.8) is 0 Å². The molecule has 0 aromatic heterocycles. The van der Waals surface area contributed by atoms with Crippen LogP contribution in [-0.2, 0) is 17.3 Å². The topological polar surface area (TPSA) is 78.3 Å². The van der Waals surface area contributed by atoms with Gasteiger partial charge in [-0.1, -0.05) is 37.2 Å². The highest BCUT2D eigenvalue weighted by atomic mass is 19.4. The van der Waals surface area contributed by atoms with Gasteiger partial charge in [-0.05, 0) is 29.5 Å². The minimum absolute atomic E-state index is 0.0570. The van der Waals surface area contributed by atoms with Gasteiger partial charge in [0.1, 0.15) is 6.10 Å². The average Bonchev–Trinajstić information content (AvgIpc) is 2.86. The van der Waals surface area contributed by atoms with E-state index in [0.29, 0.717) is 12.1 Å². The number of carbonyl (C=O) groups excluding carboxylic acids is 1. The van der Waals surface area contributed by atoms with E-state index in [1.165, 1.54) is 17.0 Å². The molecule has 1 aliphatic rings. The summed E-state index contributed by atoms with van der Waals surface area (Å²) in [5.41, 5.74) is 8.36. The molecule has 2 atom stereocenters. The molecule has 25 heavy (non-hydrogen) atoms. The normalized spacial score (nSPS) is 18.9. The third kappa shape index (κ3) is 5.03. The number of rotatable bonds is 6. The standard InChI is InChI=1S/C16H19F3N4O2/c1-10(2)8-23-9-14(25-15(23)24)13(21-22-20)7-11-4-3-5-12(6-11)16(17,18)19/h3-6,10,13-14H,7-9H2,1-2H3/t13-,14+/m0/s1. The van der Waals surface area contributed by atoms with E-state index in [-0.39, 0.29) is 18.9 Å². The molecule has 1 amide bonds. The lowest BCUT2D eigenvalue weighted by atomic mass is 10.00. The SMILES string of the molecule is CC(C)CN1C[C@H]([C@H](Cc2cccc(C(F)(F)F)c2)N=[N+]=[N-])OC1=O. The molecule has 0 spiro atoms. The minimum Gasteiger partial charge on any atom is -0.444 e. The van der Waals surface area contributed by atoms with Gasteiger partial charge in [-0.15, -0.1) is 0 Å². The molecule has 1 aliphatic heterocycles. The molecule has 9 heteroatoms. The van der Waals surface area contributed by atoms with E-state index in [1.54, 1.807) is 0 Å². The Balaban J connectivity index is 2.15. The van der Waals surface area contributed by atoms with Crippen LogP contribution in [0.4, 0.5) is 18.0 Å². The molecule has 6 nitrogen and oxygen atoms in total. The van der Waals surface area contributed by atoms with Crippen LogP contribution in [0.1, 0.15) is 25.0 Å². The predicted molar refractivity (Wildman–Crippen MR) is 84.8 cm³/mol. The first kappa shape index (κ1) is 18.9. The molecular weight excluding hydrogens is 337 g/mol. The maximum Gasteiger partial charge on any atom is 0.416 e. The fraction of sp³-hybridized carbons (Fsp3) is 0.562. The van der Waals surface area contributed by atoms with Gasteiger partial charge in [0.25, 0.3) is 0 Å². The van der Waals surface area contributed by atoms with Crippen molar-refractivity contribution < 1.29 is 22.7 Å². The zero-order valence-corrected chi connectivity index (χ0v) is 13.9. The van der Waals surface area contributed by atoms with Crippen LogP contribution < -0.4 is 0 Å². The second-order valence-corrected chi connectivity index (χ2v) is 6.40. The van der Waals surface area contributed by atoms with Gasteiger partial charge in [0, 0.05) is 11.5 Å². The third-order valence-corrected chi connectivity index (χ3v) is 3.82. The highest BCUT2D eigenvalue weighted by Crippen LogP contribution is 2.30. The van der Waals surface area contributed by atoms with Crippen molar-refractivity contribution in [3.05, 3.63) is 45.8 Å². The van der Waals surface area contributed by atoms with E-state index in [0.717, 1.165) is 12.1 Å². The summed E-state index contributed by atoms with van der Waals surface area (Å²) in [5, 5.41) is 3.64. The number of halogens is 3. The fourth-order valence-corrected chi connectivity index (χ4v) is 2.75. The van der Waals surface area contributed by atoms with Crippen molar-refractivity contribution >= 4 is 6.09 Å². The molecule has 1 fully saturated rings. The van der Waals surface area contributed by atoms with Crippen molar-refractivity contribution in [2.75, 3.05) is 13.1 Å². The van der Waals surface area contributed by atoms with Gasteiger partial charge in [0.15, 0.2) is 0 Å². The summed E-state index contributed by atoms with van der Waals surface area (Å²) >= 11 is 0. The summed E-state index contributed by atoms with van der Waals surface area (Å²) in [5.74, 6) is 0.243. The third-order valence-electron chi connectivity index (χ3n) is 3.82. The van der Waals surface area contributed by atoms with Crippen LogP contribution in [0.2, 0.25) is 0 Å². The van der Waals surface area contributed by atoms with Crippen molar-refractivity contribution in [2.24, 2.45) is 11.0 Å². The summed E-state index contributed by atoms with van der Waals surface area (Å²) in [4.78, 5) is 16.2. The number of hydrogen-bond acceptors (Lipinski definition) is 3. The molecular formula is C16H19F3N4O2. The number of azide groups is 1. The molecule has 1 aromatic carbocycles. The Labute approximate surface area is 143 Å². The van der Waals surface area contributed by atoms with Gasteiger partial charge in [0.2, 0.25) is 0 Å². The largest absolute Gasteiger partial charge is 0.444 e. The lowest BCUT2D eigenvalue weighted by Gasteiger charge is -2.18. The number of alkyl halides is 3. The zero-order chi connectivity index (χ0) is 18.6. The smallest absolute Gasteiger partial charge is 0.416 e. The maximum atomic E-state index is 12.8. The van der Waals surface area contributed by atoms with E-state index in [9.17, 15) is 18.0 Å². The van der Waals surface area contributed by atoms with Crippen LogP contribution in [0.3, 0.4) is 0 Å². The highest BCUT2D eigenvalue weighted by Gasteiger charge is 2.37. The van der Waals surface area contributed by atoms with E-state index in [1.807, 2.05) is 13.8 Å². The number of nitrogens with zero attached hydrogens (tertiary/aromatic N) is 4. The summed E-state index contributed by atoms with van der Waals surface area (Å²) in [6.07, 6.45) is -5.57. The number of ether oxygens (including phenoxy) is 1. The highest BCUT2D eigenvalue weighted by molar-refractivity contribution is 5.70. The molecule has 1 saturated heterocycles. The quantitative estimate of drug-likeness (QED) is 0.430. The fourth-order valence-electron chi connectivity index (χ4n) is 2.75. The molecule has 0 bridgehead atoms. The van der Waals surface area contributed by atoms with Crippen molar-refractivity contribution in [2.45, 2.75) is 38.6 Å². The maximum absolute atomic E-state index is 12.8.